The van der Waals surface area contributed by atoms with Crippen LogP contribution in [0.4, 0.5) is 5.82 Å². The topological polar surface area (TPSA) is 86.1 Å². The number of ether oxygens (including phenoxy) is 1. The molecule has 4 aromatic rings. The summed E-state index contributed by atoms with van der Waals surface area (Å²) in [5.74, 6) is -0.635. The fraction of sp³-hybridized carbons (Fsp3) is 0.130. The van der Waals surface area contributed by atoms with Crippen molar-refractivity contribution in [2.24, 2.45) is 0 Å². The second-order valence-corrected chi connectivity index (χ2v) is 6.55. The Morgan fingerprint density at radius 3 is 2.40 bits per heavy atom. The minimum Gasteiger partial charge on any atom is -0.462 e. The molecule has 0 atom stereocenters. The number of benzene rings is 2. The summed E-state index contributed by atoms with van der Waals surface area (Å²) >= 11 is 0. The van der Waals surface area contributed by atoms with Crippen LogP contribution in [0, 0.1) is 0 Å². The lowest BCUT2D eigenvalue weighted by atomic mass is 10.2. The third-order valence-corrected chi connectivity index (χ3v) is 4.61. The number of aromatic nitrogens is 3. The van der Waals surface area contributed by atoms with E-state index in [0.29, 0.717) is 34.3 Å². The quantitative estimate of drug-likeness (QED) is 0.387. The van der Waals surface area contributed by atoms with Crippen molar-refractivity contribution < 1.29 is 14.3 Å². The average molecular weight is 400 g/mol. The number of hydrogen-bond donors (Lipinski definition) is 1. The van der Waals surface area contributed by atoms with E-state index in [4.69, 9.17) is 9.72 Å². The van der Waals surface area contributed by atoms with Crippen molar-refractivity contribution in [3.8, 4) is 0 Å². The van der Waals surface area contributed by atoms with Gasteiger partial charge >= 0.3 is 5.97 Å². The number of amides is 1. The molecule has 2 heterocycles. The molecular formula is C23H20N4O3. The van der Waals surface area contributed by atoms with Crippen LogP contribution in [-0.2, 0) is 11.3 Å². The number of anilines is 1. The van der Waals surface area contributed by atoms with E-state index in [-0.39, 0.29) is 23.9 Å². The molecule has 0 saturated carbocycles. The fourth-order valence-corrected chi connectivity index (χ4v) is 3.30. The standard InChI is InChI=1S/C23H20N4O3/c1-3-14-27-20(26-22(28)15-10-6-5-7-11-15)18(23(29)30-4-2)19-21(27)25-17-13-9-8-12-16(17)24-19/h3,5-13H,1,4,14H2,2H3,(H,26,28). The number of carbonyl (C=O) groups excluding carboxylic acids is 2. The monoisotopic (exact) mass is 400 g/mol. The molecule has 2 aromatic heterocycles. The molecule has 0 saturated heterocycles. The molecule has 150 valence electrons. The normalized spacial score (nSPS) is 10.8. The van der Waals surface area contributed by atoms with E-state index in [1.165, 1.54) is 0 Å². The van der Waals surface area contributed by atoms with Gasteiger partial charge in [-0.1, -0.05) is 36.4 Å². The van der Waals surface area contributed by atoms with Crippen LogP contribution in [-0.4, -0.2) is 33.0 Å². The Kier molecular flexibility index (Phi) is 5.26. The van der Waals surface area contributed by atoms with Crippen LogP contribution in [0.25, 0.3) is 22.2 Å². The Morgan fingerprint density at radius 2 is 1.73 bits per heavy atom. The summed E-state index contributed by atoms with van der Waals surface area (Å²) in [4.78, 5) is 35.1. The molecule has 0 aliphatic carbocycles. The van der Waals surface area contributed by atoms with Gasteiger partial charge in [0.15, 0.2) is 5.65 Å². The SMILES string of the molecule is C=CCn1c(NC(=O)c2ccccc2)c(C(=O)OCC)c2nc3ccccc3nc21. The molecule has 30 heavy (non-hydrogen) atoms. The molecule has 0 spiro atoms. The maximum atomic E-state index is 12.9. The van der Waals surface area contributed by atoms with Crippen LogP contribution in [0.15, 0.2) is 67.3 Å². The van der Waals surface area contributed by atoms with Crippen molar-refractivity contribution in [1.82, 2.24) is 14.5 Å². The highest BCUT2D eigenvalue weighted by Gasteiger charge is 2.27. The number of carbonyl (C=O) groups is 2. The summed E-state index contributed by atoms with van der Waals surface area (Å²) in [7, 11) is 0. The summed E-state index contributed by atoms with van der Waals surface area (Å²) < 4.78 is 6.99. The van der Waals surface area contributed by atoms with Crippen LogP contribution in [0.1, 0.15) is 27.6 Å². The number of esters is 1. The first-order chi connectivity index (χ1) is 14.6. The third kappa shape index (κ3) is 3.41. The van der Waals surface area contributed by atoms with Gasteiger partial charge in [0.2, 0.25) is 0 Å². The van der Waals surface area contributed by atoms with Gasteiger partial charge in [0, 0.05) is 12.1 Å². The molecule has 0 aliphatic rings. The molecule has 4 rings (SSSR count). The van der Waals surface area contributed by atoms with E-state index < -0.39 is 5.97 Å². The van der Waals surface area contributed by atoms with Gasteiger partial charge in [-0.3, -0.25) is 4.79 Å². The average Bonchev–Trinajstić information content (AvgIpc) is 3.05. The van der Waals surface area contributed by atoms with E-state index in [0.717, 1.165) is 0 Å². The lowest BCUT2D eigenvalue weighted by Gasteiger charge is -2.11. The summed E-state index contributed by atoms with van der Waals surface area (Å²) in [6.45, 7) is 6.04. The van der Waals surface area contributed by atoms with Gasteiger partial charge < -0.3 is 14.6 Å². The molecule has 2 aromatic carbocycles. The van der Waals surface area contributed by atoms with Crippen molar-refractivity contribution in [1.29, 1.82) is 0 Å². The number of nitrogens with one attached hydrogen (secondary N) is 1. The van der Waals surface area contributed by atoms with E-state index in [2.05, 4.69) is 16.9 Å². The van der Waals surface area contributed by atoms with Crippen LogP contribution < -0.4 is 5.32 Å². The Balaban J connectivity index is 1.97. The summed E-state index contributed by atoms with van der Waals surface area (Å²) in [6, 6.07) is 16.2. The molecular weight excluding hydrogens is 380 g/mol. The predicted molar refractivity (Wildman–Crippen MR) is 116 cm³/mol. The zero-order chi connectivity index (χ0) is 21.1. The number of fused-ring (bicyclic) bond motifs is 2. The first kappa shape index (κ1) is 19.3. The lowest BCUT2D eigenvalue weighted by molar-refractivity contribution is 0.0529. The first-order valence-electron chi connectivity index (χ1n) is 9.57. The molecule has 1 amide bonds. The summed E-state index contributed by atoms with van der Waals surface area (Å²) in [5.41, 5.74) is 2.82. The second kappa shape index (κ2) is 8.16. The summed E-state index contributed by atoms with van der Waals surface area (Å²) in [5, 5.41) is 2.86. The van der Waals surface area contributed by atoms with Crippen LogP contribution in [0.3, 0.4) is 0 Å². The number of allylic oxidation sites excluding steroid dienone is 1. The molecule has 7 nitrogen and oxygen atoms in total. The second-order valence-electron chi connectivity index (χ2n) is 6.55. The smallest absolute Gasteiger partial charge is 0.344 e. The Bertz CT molecular complexity index is 1260. The fourth-order valence-electron chi connectivity index (χ4n) is 3.30. The highest BCUT2D eigenvalue weighted by Crippen LogP contribution is 2.31. The first-order valence-corrected chi connectivity index (χ1v) is 9.57. The largest absolute Gasteiger partial charge is 0.462 e. The Labute approximate surface area is 173 Å². The minimum atomic E-state index is -0.571. The van der Waals surface area contributed by atoms with E-state index in [1.54, 1.807) is 41.8 Å². The van der Waals surface area contributed by atoms with E-state index in [1.807, 2.05) is 30.3 Å². The number of rotatable bonds is 6. The van der Waals surface area contributed by atoms with E-state index in [9.17, 15) is 9.59 Å². The van der Waals surface area contributed by atoms with Gasteiger partial charge in [-0.15, -0.1) is 6.58 Å². The number of hydrogen-bond acceptors (Lipinski definition) is 5. The van der Waals surface area contributed by atoms with Crippen molar-refractivity contribution in [2.45, 2.75) is 13.5 Å². The molecule has 0 bridgehead atoms. The van der Waals surface area contributed by atoms with Crippen molar-refractivity contribution >= 4 is 39.9 Å². The highest BCUT2D eigenvalue weighted by molar-refractivity contribution is 6.13. The molecule has 7 heteroatoms. The van der Waals surface area contributed by atoms with Crippen LogP contribution in [0.5, 0.6) is 0 Å². The van der Waals surface area contributed by atoms with Crippen molar-refractivity contribution in [3.05, 3.63) is 78.4 Å². The zero-order valence-corrected chi connectivity index (χ0v) is 16.5. The molecule has 0 aliphatic heterocycles. The Hall–Kier alpha value is -4.00. The number of para-hydroxylation sites is 2. The van der Waals surface area contributed by atoms with Gasteiger partial charge in [0.05, 0.1) is 17.6 Å². The lowest BCUT2D eigenvalue weighted by Crippen LogP contribution is -2.18. The van der Waals surface area contributed by atoms with Gasteiger partial charge in [-0.25, -0.2) is 14.8 Å². The minimum absolute atomic E-state index is 0.177. The van der Waals surface area contributed by atoms with E-state index >= 15 is 0 Å². The van der Waals surface area contributed by atoms with Crippen LogP contribution >= 0.6 is 0 Å². The maximum Gasteiger partial charge on any atom is 0.344 e. The van der Waals surface area contributed by atoms with Gasteiger partial charge in [0.25, 0.3) is 5.91 Å². The molecule has 0 fully saturated rings. The summed E-state index contributed by atoms with van der Waals surface area (Å²) in [6.07, 6.45) is 1.67. The zero-order valence-electron chi connectivity index (χ0n) is 16.5. The maximum absolute atomic E-state index is 12.9. The van der Waals surface area contributed by atoms with Crippen LogP contribution in [0.2, 0.25) is 0 Å². The van der Waals surface area contributed by atoms with Gasteiger partial charge in [0.1, 0.15) is 16.9 Å². The third-order valence-electron chi connectivity index (χ3n) is 4.61. The highest BCUT2D eigenvalue weighted by atomic mass is 16.5. The molecule has 0 unspecified atom stereocenters. The van der Waals surface area contributed by atoms with Crippen molar-refractivity contribution in [2.75, 3.05) is 11.9 Å². The molecule has 1 N–H and O–H groups in total. The predicted octanol–water partition coefficient (Wildman–Crippen LogP) is 4.20. The number of nitrogens with zero attached hydrogens (tertiary/aromatic N) is 3. The molecule has 0 radical (unpaired) electrons. The van der Waals surface area contributed by atoms with Gasteiger partial charge in [-0.05, 0) is 31.2 Å². The Morgan fingerprint density at radius 1 is 1.07 bits per heavy atom. The van der Waals surface area contributed by atoms with Gasteiger partial charge in [-0.2, -0.15) is 0 Å². The van der Waals surface area contributed by atoms with Crippen molar-refractivity contribution in [3.63, 3.8) is 0 Å².